The molecule has 0 radical (unpaired) electrons. The minimum absolute atomic E-state index is 0.0464. The number of carbonyl (C=O) groups is 1. The molecule has 27 heavy (non-hydrogen) atoms. The number of fused-ring (bicyclic) bond motifs is 1. The van der Waals surface area contributed by atoms with E-state index in [-0.39, 0.29) is 5.91 Å². The van der Waals surface area contributed by atoms with Crippen LogP contribution in [0, 0.1) is 6.92 Å². The molecule has 1 aliphatic rings. The number of para-hydroxylation sites is 1. The molecule has 2 aromatic heterocycles. The van der Waals surface area contributed by atoms with E-state index in [0.29, 0.717) is 18.9 Å². The zero-order valence-electron chi connectivity index (χ0n) is 15.7. The number of rotatable bonds is 6. The SMILES string of the molecule is Cc1cnc(C2CCOCC2)n1CCNC(=O)Cc1c[nH]c2ccccc12. The Bertz CT molecular complexity index is 921. The zero-order chi connectivity index (χ0) is 18.6. The number of benzene rings is 1. The van der Waals surface area contributed by atoms with Crippen LogP contribution >= 0.6 is 0 Å². The quantitative estimate of drug-likeness (QED) is 0.705. The van der Waals surface area contributed by atoms with E-state index in [2.05, 4.69) is 26.8 Å². The number of aryl methyl sites for hydroxylation is 1. The molecule has 0 aliphatic carbocycles. The Labute approximate surface area is 158 Å². The van der Waals surface area contributed by atoms with Crippen molar-refractivity contribution >= 4 is 16.8 Å². The third kappa shape index (κ3) is 3.90. The van der Waals surface area contributed by atoms with Crippen LogP contribution < -0.4 is 5.32 Å². The summed E-state index contributed by atoms with van der Waals surface area (Å²) < 4.78 is 7.70. The number of ether oxygens (including phenoxy) is 1. The number of H-pyrrole nitrogens is 1. The summed E-state index contributed by atoms with van der Waals surface area (Å²) in [6, 6.07) is 8.06. The highest BCUT2D eigenvalue weighted by atomic mass is 16.5. The van der Waals surface area contributed by atoms with Gasteiger partial charge in [0, 0.05) is 61.2 Å². The number of carbonyl (C=O) groups excluding carboxylic acids is 1. The van der Waals surface area contributed by atoms with Crippen LogP contribution in [0.3, 0.4) is 0 Å². The first kappa shape index (κ1) is 17.8. The van der Waals surface area contributed by atoms with Crippen molar-refractivity contribution in [2.45, 2.75) is 38.6 Å². The van der Waals surface area contributed by atoms with Gasteiger partial charge in [-0.15, -0.1) is 0 Å². The van der Waals surface area contributed by atoms with Crippen LogP contribution in [0.5, 0.6) is 0 Å². The summed E-state index contributed by atoms with van der Waals surface area (Å²) in [5.74, 6) is 1.63. The second-order valence-electron chi connectivity index (χ2n) is 7.18. The van der Waals surface area contributed by atoms with E-state index in [1.54, 1.807) is 0 Å². The molecule has 6 nitrogen and oxygen atoms in total. The normalized spacial score (nSPS) is 15.3. The van der Waals surface area contributed by atoms with Crippen molar-refractivity contribution in [3.05, 3.63) is 53.7 Å². The second-order valence-corrected chi connectivity index (χ2v) is 7.18. The van der Waals surface area contributed by atoms with Crippen molar-refractivity contribution in [1.82, 2.24) is 19.9 Å². The van der Waals surface area contributed by atoms with Gasteiger partial charge in [-0.05, 0) is 31.4 Å². The Kier molecular flexibility index (Phi) is 5.25. The zero-order valence-corrected chi connectivity index (χ0v) is 15.7. The maximum absolute atomic E-state index is 12.4. The van der Waals surface area contributed by atoms with Gasteiger partial charge in [0.2, 0.25) is 5.91 Å². The van der Waals surface area contributed by atoms with E-state index >= 15 is 0 Å². The molecular formula is C21H26N4O2. The summed E-state index contributed by atoms with van der Waals surface area (Å²) in [4.78, 5) is 20.2. The third-order valence-corrected chi connectivity index (χ3v) is 5.36. The predicted octanol–water partition coefficient (Wildman–Crippen LogP) is 2.93. The number of hydrogen-bond donors (Lipinski definition) is 2. The van der Waals surface area contributed by atoms with Gasteiger partial charge in [0.15, 0.2) is 0 Å². The fraction of sp³-hybridized carbons (Fsp3) is 0.429. The molecule has 1 amide bonds. The monoisotopic (exact) mass is 366 g/mol. The van der Waals surface area contributed by atoms with Crippen LogP contribution in [-0.4, -0.2) is 40.2 Å². The number of amides is 1. The molecule has 0 bridgehead atoms. The van der Waals surface area contributed by atoms with Gasteiger partial charge in [0.25, 0.3) is 0 Å². The van der Waals surface area contributed by atoms with E-state index in [1.165, 1.54) is 0 Å². The van der Waals surface area contributed by atoms with Gasteiger partial charge < -0.3 is 19.6 Å². The van der Waals surface area contributed by atoms with Crippen LogP contribution in [0.1, 0.15) is 35.8 Å². The molecule has 1 fully saturated rings. The van der Waals surface area contributed by atoms with Gasteiger partial charge in [0.1, 0.15) is 5.82 Å². The van der Waals surface area contributed by atoms with E-state index < -0.39 is 0 Å². The molecule has 1 saturated heterocycles. The van der Waals surface area contributed by atoms with Crippen LogP contribution in [-0.2, 0) is 22.5 Å². The van der Waals surface area contributed by atoms with Crippen LogP contribution in [0.2, 0.25) is 0 Å². The lowest BCUT2D eigenvalue weighted by atomic mass is 9.99. The Balaban J connectivity index is 1.34. The van der Waals surface area contributed by atoms with Gasteiger partial charge in [-0.2, -0.15) is 0 Å². The number of aromatic nitrogens is 3. The average Bonchev–Trinajstić information content (AvgIpc) is 3.27. The molecule has 1 aliphatic heterocycles. The molecule has 142 valence electrons. The highest BCUT2D eigenvalue weighted by Gasteiger charge is 2.21. The van der Waals surface area contributed by atoms with Crippen molar-refractivity contribution in [1.29, 1.82) is 0 Å². The molecule has 0 spiro atoms. The molecular weight excluding hydrogens is 340 g/mol. The predicted molar refractivity (Wildman–Crippen MR) is 105 cm³/mol. The smallest absolute Gasteiger partial charge is 0.224 e. The molecule has 1 aromatic carbocycles. The maximum Gasteiger partial charge on any atom is 0.224 e. The largest absolute Gasteiger partial charge is 0.381 e. The van der Waals surface area contributed by atoms with Crippen LogP contribution in [0.25, 0.3) is 10.9 Å². The summed E-state index contributed by atoms with van der Waals surface area (Å²) in [5.41, 5.74) is 3.24. The number of imidazole rings is 1. The third-order valence-electron chi connectivity index (χ3n) is 5.36. The Morgan fingerprint density at radius 2 is 2.15 bits per heavy atom. The maximum atomic E-state index is 12.4. The summed E-state index contributed by atoms with van der Waals surface area (Å²) in [7, 11) is 0. The average molecular weight is 366 g/mol. The molecule has 0 atom stereocenters. The van der Waals surface area contributed by atoms with E-state index in [0.717, 1.165) is 60.6 Å². The summed E-state index contributed by atoms with van der Waals surface area (Å²) >= 11 is 0. The Hall–Kier alpha value is -2.60. The molecule has 0 unspecified atom stereocenters. The minimum atomic E-state index is 0.0464. The molecule has 0 saturated carbocycles. The lowest BCUT2D eigenvalue weighted by molar-refractivity contribution is -0.120. The highest BCUT2D eigenvalue weighted by molar-refractivity contribution is 5.88. The fourth-order valence-electron chi connectivity index (χ4n) is 3.87. The molecule has 2 N–H and O–H groups in total. The topological polar surface area (TPSA) is 71.9 Å². The van der Waals surface area contributed by atoms with E-state index in [1.807, 2.05) is 36.7 Å². The molecule has 4 rings (SSSR count). The van der Waals surface area contributed by atoms with Gasteiger partial charge in [-0.3, -0.25) is 4.79 Å². The number of nitrogens with zero attached hydrogens (tertiary/aromatic N) is 2. The Morgan fingerprint density at radius 1 is 1.33 bits per heavy atom. The summed E-state index contributed by atoms with van der Waals surface area (Å²) in [6.07, 6.45) is 6.28. The van der Waals surface area contributed by atoms with Crippen molar-refractivity contribution in [2.75, 3.05) is 19.8 Å². The van der Waals surface area contributed by atoms with Crippen molar-refractivity contribution in [3.8, 4) is 0 Å². The highest BCUT2D eigenvalue weighted by Crippen LogP contribution is 2.26. The van der Waals surface area contributed by atoms with Crippen molar-refractivity contribution in [2.24, 2.45) is 0 Å². The fourth-order valence-corrected chi connectivity index (χ4v) is 3.87. The van der Waals surface area contributed by atoms with E-state index in [4.69, 9.17) is 4.74 Å². The van der Waals surface area contributed by atoms with Gasteiger partial charge in [0.05, 0.1) is 6.42 Å². The molecule has 3 heterocycles. The molecule has 3 aromatic rings. The first-order valence-corrected chi connectivity index (χ1v) is 9.64. The Morgan fingerprint density at radius 3 is 3.00 bits per heavy atom. The number of nitrogens with one attached hydrogen (secondary N) is 2. The van der Waals surface area contributed by atoms with Crippen LogP contribution in [0.4, 0.5) is 0 Å². The van der Waals surface area contributed by atoms with Gasteiger partial charge in [-0.1, -0.05) is 18.2 Å². The lowest BCUT2D eigenvalue weighted by Crippen LogP contribution is -2.29. The first-order valence-electron chi connectivity index (χ1n) is 9.64. The van der Waals surface area contributed by atoms with E-state index in [9.17, 15) is 4.79 Å². The van der Waals surface area contributed by atoms with Gasteiger partial charge >= 0.3 is 0 Å². The van der Waals surface area contributed by atoms with Gasteiger partial charge in [-0.25, -0.2) is 4.98 Å². The van der Waals surface area contributed by atoms with Crippen LogP contribution in [0.15, 0.2) is 36.7 Å². The van der Waals surface area contributed by atoms with Crippen molar-refractivity contribution in [3.63, 3.8) is 0 Å². The number of hydrogen-bond acceptors (Lipinski definition) is 3. The second kappa shape index (κ2) is 7.96. The summed E-state index contributed by atoms with van der Waals surface area (Å²) in [6.45, 7) is 5.03. The molecule has 6 heteroatoms. The lowest BCUT2D eigenvalue weighted by Gasteiger charge is -2.23. The minimum Gasteiger partial charge on any atom is -0.381 e. The number of aromatic amines is 1. The summed E-state index contributed by atoms with van der Waals surface area (Å²) in [5, 5.41) is 4.17. The first-order chi connectivity index (χ1) is 13.2. The standard InChI is InChI=1S/C21H26N4O2/c1-15-13-24-21(16-6-10-27-11-7-16)25(15)9-8-22-20(26)12-17-14-23-19-5-3-2-4-18(17)19/h2-5,13-14,16,23H,6-12H2,1H3,(H,22,26). The van der Waals surface area contributed by atoms with Crippen molar-refractivity contribution < 1.29 is 9.53 Å².